The Morgan fingerprint density at radius 3 is 2.88 bits per heavy atom. The van der Waals surface area contributed by atoms with Gasteiger partial charge in [0.15, 0.2) is 5.70 Å². The molecule has 4 heteroatoms. The van der Waals surface area contributed by atoms with Crippen LogP contribution in [0.2, 0.25) is 0 Å². The van der Waals surface area contributed by atoms with Crippen molar-refractivity contribution in [2.45, 2.75) is 0 Å². The maximum atomic E-state index is 10.1. The van der Waals surface area contributed by atoms with Gasteiger partial charge in [-0.15, -0.1) is 0 Å². The molecule has 0 aromatic heterocycles. The summed E-state index contributed by atoms with van der Waals surface area (Å²) in [6.07, 6.45) is 1.27. The Morgan fingerprint density at radius 2 is 2.62 bits per heavy atom. The van der Waals surface area contributed by atoms with Gasteiger partial charge in [0.1, 0.15) is 6.07 Å². The molecule has 0 atom stereocenters. The zero-order chi connectivity index (χ0) is 5.98. The number of amides is 2. The van der Waals surface area contributed by atoms with Gasteiger partial charge in [-0.1, -0.05) is 0 Å². The van der Waals surface area contributed by atoms with Crippen molar-refractivity contribution in [3.05, 3.63) is 11.9 Å². The van der Waals surface area contributed by atoms with Gasteiger partial charge >= 0.3 is 6.03 Å². The van der Waals surface area contributed by atoms with Crippen molar-refractivity contribution in [2.24, 2.45) is 0 Å². The summed E-state index contributed by atoms with van der Waals surface area (Å²) in [6, 6.07) is 1.23. The average Bonchev–Trinajstić information content (AvgIpc) is 2.14. The van der Waals surface area contributed by atoms with Crippen LogP contribution in [0.5, 0.6) is 0 Å². The highest BCUT2D eigenvalue weighted by Crippen LogP contribution is 1.92. The van der Waals surface area contributed by atoms with Gasteiger partial charge in [0.2, 0.25) is 0 Å². The van der Waals surface area contributed by atoms with Crippen LogP contribution in [-0.2, 0) is 0 Å². The van der Waals surface area contributed by atoms with Crippen LogP contribution in [0.15, 0.2) is 11.9 Å². The predicted octanol–water partition coefficient (Wildman–Crippen LogP) is -0.321. The molecule has 1 N–H and O–H groups in total. The Labute approximate surface area is 45.8 Å². The third-order valence-corrected chi connectivity index (χ3v) is 0.669. The monoisotopic (exact) mass is 108 g/mol. The normalized spacial score (nSPS) is 15.9. The van der Waals surface area contributed by atoms with Crippen LogP contribution in [0, 0.1) is 11.3 Å². The summed E-state index contributed by atoms with van der Waals surface area (Å²) in [5.74, 6) is 0. The second-order valence-corrected chi connectivity index (χ2v) is 1.20. The average molecular weight is 108 g/mol. The number of hydrogen-bond acceptors (Lipinski definition) is 2. The smallest absolute Gasteiger partial charge is 0.310 e. The minimum Gasteiger partial charge on any atom is -0.310 e. The lowest BCUT2D eigenvalue weighted by molar-refractivity contribution is 0.248. The summed E-state index contributed by atoms with van der Waals surface area (Å²) in [4.78, 5) is 10.1. The van der Waals surface area contributed by atoms with Crippen LogP contribution in [-0.4, -0.2) is 6.03 Å². The number of urea groups is 1. The van der Waals surface area contributed by atoms with E-state index in [1.807, 2.05) is 0 Å². The van der Waals surface area contributed by atoms with E-state index < -0.39 is 6.03 Å². The SMILES string of the molecule is N#CC1=CNC(=O)[N]1. The molecule has 0 fully saturated rings. The summed E-state index contributed by atoms with van der Waals surface area (Å²) < 4.78 is 0. The lowest BCUT2D eigenvalue weighted by Gasteiger charge is -1.79. The number of nitrogens with one attached hydrogen (secondary N) is 1. The summed E-state index contributed by atoms with van der Waals surface area (Å²) in [5.41, 5.74) is 0.134. The van der Waals surface area contributed by atoms with E-state index in [-0.39, 0.29) is 5.70 Å². The van der Waals surface area contributed by atoms with Crippen LogP contribution in [0.3, 0.4) is 0 Å². The molecule has 0 saturated heterocycles. The third-order valence-electron chi connectivity index (χ3n) is 0.669. The second-order valence-electron chi connectivity index (χ2n) is 1.20. The van der Waals surface area contributed by atoms with Gasteiger partial charge in [-0.25, -0.2) is 4.79 Å². The molecular formula is C4H2N3O. The molecule has 1 aliphatic rings. The maximum absolute atomic E-state index is 10.1. The van der Waals surface area contributed by atoms with Crippen LogP contribution in [0.4, 0.5) is 4.79 Å². The van der Waals surface area contributed by atoms with Crippen LogP contribution in [0.1, 0.15) is 0 Å². The molecule has 2 amide bonds. The minimum absolute atomic E-state index is 0.134. The highest BCUT2D eigenvalue weighted by Gasteiger charge is 2.10. The first-order chi connectivity index (χ1) is 3.83. The van der Waals surface area contributed by atoms with E-state index in [1.165, 1.54) is 6.20 Å². The van der Waals surface area contributed by atoms with Gasteiger partial charge in [-0.3, -0.25) is 0 Å². The van der Waals surface area contributed by atoms with E-state index in [2.05, 4.69) is 10.6 Å². The van der Waals surface area contributed by atoms with Crippen molar-refractivity contribution in [3.63, 3.8) is 0 Å². The summed E-state index contributed by atoms with van der Waals surface area (Å²) in [5, 5.41) is 13.6. The Morgan fingerprint density at radius 1 is 1.88 bits per heavy atom. The molecule has 0 aromatic carbocycles. The zero-order valence-corrected chi connectivity index (χ0v) is 3.88. The van der Waals surface area contributed by atoms with Gasteiger partial charge in [-0.2, -0.15) is 10.6 Å². The van der Waals surface area contributed by atoms with Gasteiger partial charge in [0.25, 0.3) is 0 Å². The standard InChI is InChI=1S/C4H2N3O/c5-1-3-2-6-4(8)7-3/h2H,(H,6,8). The quantitative estimate of drug-likeness (QED) is 0.462. The molecule has 8 heavy (non-hydrogen) atoms. The first-order valence-corrected chi connectivity index (χ1v) is 1.95. The Bertz CT molecular complexity index is 188. The van der Waals surface area contributed by atoms with Crippen LogP contribution in [0.25, 0.3) is 0 Å². The van der Waals surface area contributed by atoms with Crippen molar-refractivity contribution in [1.29, 1.82) is 5.26 Å². The molecule has 0 saturated carbocycles. The fourth-order valence-electron chi connectivity index (χ4n) is 0.361. The van der Waals surface area contributed by atoms with E-state index in [1.54, 1.807) is 6.07 Å². The highest BCUT2D eigenvalue weighted by molar-refractivity contribution is 5.80. The molecule has 0 spiro atoms. The molecule has 0 aromatic rings. The highest BCUT2D eigenvalue weighted by atomic mass is 16.2. The number of rotatable bonds is 0. The zero-order valence-electron chi connectivity index (χ0n) is 3.88. The van der Waals surface area contributed by atoms with Gasteiger partial charge in [0.05, 0.1) is 0 Å². The van der Waals surface area contributed by atoms with E-state index >= 15 is 0 Å². The second kappa shape index (κ2) is 1.54. The molecule has 1 rings (SSSR count). The van der Waals surface area contributed by atoms with E-state index in [0.717, 1.165) is 0 Å². The lowest BCUT2D eigenvalue weighted by Crippen LogP contribution is -2.15. The number of carbonyl (C=O) groups is 1. The van der Waals surface area contributed by atoms with E-state index in [9.17, 15) is 4.79 Å². The fourth-order valence-corrected chi connectivity index (χ4v) is 0.361. The largest absolute Gasteiger partial charge is 0.346 e. The van der Waals surface area contributed by atoms with Gasteiger partial charge in [-0.05, 0) is 0 Å². The topological polar surface area (TPSA) is 67.0 Å². The predicted molar refractivity (Wildman–Crippen MR) is 24.4 cm³/mol. The van der Waals surface area contributed by atoms with Gasteiger partial charge < -0.3 is 5.32 Å². The number of hydrogen-bond donors (Lipinski definition) is 1. The number of allylic oxidation sites excluding steroid dienone is 1. The van der Waals surface area contributed by atoms with Crippen molar-refractivity contribution in [3.8, 4) is 6.07 Å². The number of carbonyl (C=O) groups excluding carboxylic acids is 1. The maximum Gasteiger partial charge on any atom is 0.346 e. The van der Waals surface area contributed by atoms with Crippen LogP contribution >= 0.6 is 0 Å². The molecule has 39 valence electrons. The third kappa shape index (κ3) is 0.611. The van der Waals surface area contributed by atoms with Crippen LogP contribution < -0.4 is 10.6 Å². The first-order valence-electron chi connectivity index (χ1n) is 1.95. The molecule has 1 heterocycles. The van der Waals surface area contributed by atoms with Gasteiger partial charge in [0, 0.05) is 6.20 Å². The molecule has 1 aliphatic heterocycles. The number of nitrogens with zero attached hydrogens (tertiary/aromatic N) is 2. The Balaban J connectivity index is 2.66. The van der Waals surface area contributed by atoms with E-state index in [0.29, 0.717) is 0 Å². The summed E-state index contributed by atoms with van der Waals surface area (Å²) in [6.45, 7) is 0. The van der Waals surface area contributed by atoms with Crippen molar-refractivity contribution < 1.29 is 4.79 Å². The van der Waals surface area contributed by atoms with E-state index in [4.69, 9.17) is 5.26 Å². The van der Waals surface area contributed by atoms with Crippen molar-refractivity contribution in [1.82, 2.24) is 10.6 Å². The molecule has 0 aliphatic carbocycles. The Hall–Kier alpha value is -1.50. The Kier molecular flexibility index (Phi) is 0.897. The molecule has 0 bridgehead atoms. The first kappa shape index (κ1) is 4.65. The molecule has 4 nitrogen and oxygen atoms in total. The van der Waals surface area contributed by atoms with Crippen molar-refractivity contribution >= 4 is 6.03 Å². The summed E-state index contributed by atoms with van der Waals surface area (Å²) in [7, 11) is 0. The molecule has 0 unspecified atom stereocenters. The van der Waals surface area contributed by atoms with Crippen molar-refractivity contribution in [2.75, 3.05) is 0 Å². The molecular weight excluding hydrogens is 106 g/mol. The number of nitriles is 1. The lowest BCUT2D eigenvalue weighted by atomic mass is 10.5. The fraction of sp³-hybridized carbons (Fsp3) is 0. The summed E-state index contributed by atoms with van der Waals surface area (Å²) >= 11 is 0. The molecule has 1 radical (unpaired) electrons. The minimum atomic E-state index is -0.471.